The molecule has 1 unspecified atom stereocenters. The first-order valence-electron chi connectivity index (χ1n) is 6.41. The van der Waals surface area contributed by atoms with Gasteiger partial charge in [-0.05, 0) is 37.3 Å². The molecule has 0 spiro atoms. The number of carbonyl (C=O) groups excluding carboxylic acids is 2. The van der Waals surface area contributed by atoms with E-state index in [4.69, 9.17) is 10.8 Å². The molecule has 1 aliphatic rings. The Kier molecular flexibility index (Phi) is 4.39. The highest BCUT2D eigenvalue weighted by Crippen LogP contribution is 2.30. The number of amides is 2. The average Bonchev–Trinajstić information content (AvgIpc) is 2.93. The largest absolute Gasteiger partial charge is 0.480 e. The molecular weight excluding hydrogens is 280 g/mol. The molecule has 20 heavy (non-hydrogen) atoms. The molecule has 2 amide bonds. The summed E-state index contributed by atoms with van der Waals surface area (Å²) in [7, 11) is 0. The van der Waals surface area contributed by atoms with Crippen LogP contribution >= 0.6 is 11.3 Å². The number of nitrogens with two attached hydrogens (primary N) is 1. The van der Waals surface area contributed by atoms with Gasteiger partial charge in [0.25, 0.3) is 5.91 Å². The smallest absolute Gasteiger partial charge is 0.326 e. The second-order valence-corrected chi connectivity index (χ2v) is 5.92. The van der Waals surface area contributed by atoms with Gasteiger partial charge in [0, 0.05) is 11.3 Å². The quantitative estimate of drug-likeness (QED) is 0.717. The van der Waals surface area contributed by atoms with Crippen LogP contribution in [0.5, 0.6) is 0 Å². The number of primary amides is 1. The van der Waals surface area contributed by atoms with Crippen molar-refractivity contribution in [2.45, 2.75) is 38.1 Å². The molecule has 1 aromatic heterocycles. The van der Waals surface area contributed by atoms with Gasteiger partial charge in [-0.15, -0.1) is 11.3 Å². The summed E-state index contributed by atoms with van der Waals surface area (Å²) >= 11 is 1.41. The lowest BCUT2D eigenvalue weighted by molar-refractivity contribution is -0.139. The summed E-state index contributed by atoms with van der Waals surface area (Å²) in [6.45, 7) is 0. The fraction of sp³-hybridized carbons (Fsp3) is 0.462. The van der Waals surface area contributed by atoms with E-state index in [1.807, 2.05) is 6.07 Å². The highest BCUT2D eigenvalue weighted by atomic mass is 32.1. The molecule has 1 aromatic rings. The molecule has 4 N–H and O–H groups in total. The predicted molar refractivity (Wildman–Crippen MR) is 73.7 cm³/mol. The Labute approximate surface area is 120 Å². The van der Waals surface area contributed by atoms with Crippen LogP contribution in [0.2, 0.25) is 0 Å². The van der Waals surface area contributed by atoms with Crippen molar-refractivity contribution in [1.29, 1.82) is 0 Å². The van der Waals surface area contributed by atoms with Gasteiger partial charge >= 0.3 is 5.97 Å². The van der Waals surface area contributed by atoms with Crippen molar-refractivity contribution in [2.75, 3.05) is 0 Å². The van der Waals surface area contributed by atoms with Crippen LogP contribution in [0.25, 0.3) is 0 Å². The van der Waals surface area contributed by atoms with E-state index in [0.29, 0.717) is 4.88 Å². The number of hydrogen-bond donors (Lipinski definition) is 3. The Morgan fingerprint density at radius 2 is 2.15 bits per heavy atom. The maximum Gasteiger partial charge on any atom is 0.326 e. The van der Waals surface area contributed by atoms with E-state index in [-0.39, 0.29) is 12.8 Å². The molecule has 6 nitrogen and oxygen atoms in total. The van der Waals surface area contributed by atoms with Crippen molar-refractivity contribution >= 4 is 29.1 Å². The van der Waals surface area contributed by atoms with Crippen LogP contribution in [0.4, 0.5) is 0 Å². The topological polar surface area (TPSA) is 109 Å². The second-order valence-electron chi connectivity index (χ2n) is 4.78. The number of aliphatic carboxylic acids is 1. The maximum absolute atomic E-state index is 12.0. The Bertz CT molecular complexity index is 531. The molecule has 0 aliphatic heterocycles. The third-order valence-electron chi connectivity index (χ3n) is 3.25. The van der Waals surface area contributed by atoms with Crippen molar-refractivity contribution in [1.82, 2.24) is 5.32 Å². The fourth-order valence-electron chi connectivity index (χ4n) is 2.21. The van der Waals surface area contributed by atoms with E-state index < -0.39 is 23.8 Å². The van der Waals surface area contributed by atoms with Gasteiger partial charge in [-0.25, -0.2) is 4.79 Å². The SMILES string of the molecule is NC(=O)CCC(NC(=O)c1cc2c(s1)CCC2)C(=O)O. The lowest BCUT2D eigenvalue weighted by atomic mass is 10.1. The van der Waals surface area contributed by atoms with Crippen molar-refractivity contribution in [3.63, 3.8) is 0 Å². The molecule has 0 aromatic carbocycles. The van der Waals surface area contributed by atoms with Crippen molar-refractivity contribution in [3.05, 3.63) is 21.4 Å². The van der Waals surface area contributed by atoms with Gasteiger partial charge in [0.15, 0.2) is 0 Å². The summed E-state index contributed by atoms with van der Waals surface area (Å²) in [6.07, 6.45) is 3.00. The van der Waals surface area contributed by atoms with Gasteiger partial charge in [0.1, 0.15) is 6.04 Å². The zero-order valence-electron chi connectivity index (χ0n) is 10.8. The summed E-state index contributed by atoms with van der Waals surface area (Å²) in [5.74, 6) is -2.15. The first-order chi connectivity index (χ1) is 9.47. The number of rotatable bonds is 6. The summed E-state index contributed by atoms with van der Waals surface area (Å²) in [5, 5.41) is 11.5. The van der Waals surface area contributed by atoms with Gasteiger partial charge in [-0.1, -0.05) is 0 Å². The molecule has 1 heterocycles. The van der Waals surface area contributed by atoms with Crippen LogP contribution in [0.1, 0.15) is 39.4 Å². The minimum absolute atomic E-state index is 0.00148. The number of hydrogen-bond acceptors (Lipinski definition) is 4. The Balaban J connectivity index is 2.00. The minimum Gasteiger partial charge on any atom is -0.480 e. The molecule has 2 rings (SSSR count). The molecule has 0 radical (unpaired) electrons. The Morgan fingerprint density at radius 1 is 1.40 bits per heavy atom. The van der Waals surface area contributed by atoms with Gasteiger partial charge in [-0.3, -0.25) is 9.59 Å². The molecule has 7 heteroatoms. The lowest BCUT2D eigenvalue weighted by Gasteiger charge is -2.12. The number of carboxylic acid groups (broad SMARTS) is 1. The highest BCUT2D eigenvalue weighted by Gasteiger charge is 2.24. The van der Waals surface area contributed by atoms with Crippen molar-refractivity contribution in [2.24, 2.45) is 5.73 Å². The van der Waals surface area contributed by atoms with Crippen molar-refractivity contribution in [3.8, 4) is 0 Å². The number of nitrogens with one attached hydrogen (secondary N) is 1. The number of carboxylic acids is 1. The first kappa shape index (κ1) is 14.5. The molecule has 0 fully saturated rings. The van der Waals surface area contributed by atoms with Crippen LogP contribution < -0.4 is 11.1 Å². The standard InChI is InChI=1S/C13H16N2O4S/c14-11(16)5-4-8(13(18)19)15-12(17)10-6-7-2-1-3-9(7)20-10/h6,8H,1-5H2,(H2,14,16)(H,15,17)(H,18,19). The van der Waals surface area contributed by atoms with Crippen LogP contribution in [-0.4, -0.2) is 28.9 Å². The summed E-state index contributed by atoms with van der Waals surface area (Å²) < 4.78 is 0. The van der Waals surface area contributed by atoms with E-state index in [0.717, 1.165) is 19.3 Å². The number of fused-ring (bicyclic) bond motifs is 1. The van der Waals surface area contributed by atoms with E-state index in [9.17, 15) is 14.4 Å². The highest BCUT2D eigenvalue weighted by molar-refractivity contribution is 7.14. The van der Waals surface area contributed by atoms with E-state index in [1.54, 1.807) is 0 Å². The third kappa shape index (κ3) is 3.36. The zero-order chi connectivity index (χ0) is 14.7. The molecular formula is C13H16N2O4S. The van der Waals surface area contributed by atoms with E-state index >= 15 is 0 Å². The molecule has 1 atom stereocenters. The number of aryl methyl sites for hydroxylation is 2. The molecule has 1 aliphatic carbocycles. The number of thiophene rings is 1. The average molecular weight is 296 g/mol. The van der Waals surface area contributed by atoms with Crippen LogP contribution in [0, 0.1) is 0 Å². The predicted octanol–water partition coefficient (Wildman–Crippen LogP) is 0.685. The molecule has 0 saturated heterocycles. The fourth-order valence-corrected chi connectivity index (χ4v) is 3.37. The molecule has 108 valence electrons. The first-order valence-corrected chi connectivity index (χ1v) is 7.22. The minimum atomic E-state index is -1.16. The second kappa shape index (κ2) is 6.04. The summed E-state index contributed by atoms with van der Waals surface area (Å²) in [4.78, 5) is 35.5. The molecule has 0 saturated carbocycles. The zero-order valence-corrected chi connectivity index (χ0v) is 11.7. The normalized spacial score (nSPS) is 14.6. The van der Waals surface area contributed by atoms with Crippen LogP contribution in [0.3, 0.4) is 0 Å². The van der Waals surface area contributed by atoms with Crippen molar-refractivity contribution < 1.29 is 19.5 Å². The Hall–Kier alpha value is -1.89. The van der Waals surface area contributed by atoms with E-state index in [2.05, 4.69) is 5.32 Å². The maximum atomic E-state index is 12.0. The monoisotopic (exact) mass is 296 g/mol. The van der Waals surface area contributed by atoms with Gasteiger partial charge in [-0.2, -0.15) is 0 Å². The summed E-state index contributed by atoms with van der Waals surface area (Å²) in [5.41, 5.74) is 6.17. The van der Waals surface area contributed by atoms with Gasteiger partial charge in [0.2, 0.25) is 5.91 Å². The molecule has 0 bridgehead atoms. The third-order valence-corrected chi connectivity index (χ3v) is 4.49. The Morgan fingerprint density at radius 3 is 2.75 bits per heavy atom. The van der Waals surface area contributed by atoms with E-state index in [1.165, 1.54) is 21.8 Å². The van der Waals surface area contributed by atoms with Gasteiger partial charge < -0.3 is 16.2 Å². The van der Waals surface area contributed by atoms with Gasteiger partial charge in [0.05, 0.1) is 4.88 Å². The lowest BCUT2D eigenvalue weighted by Crippen LogP contribution is -2.41. The summed E-state index contributed by atoms with van der Waals surface area (Å²) in [6, 6.07) is 0.738. The number of carbonyl (C=O) groups is 3. The van der Waals surface area contributed by atoms with Crippen LogP contribution in [-0.2, 0) is 22.4 Å². The van der Waals surface area contributed by atoms with Crippen LogP contribution in [0.15, 0.2) is 6.07 Å².